The first-order valence-electron chi connectivity index (χ1n) is 8.19. The van der Waals surface area contributed by atoms with E-state index in [9.17, 15) is 19.5 Å². The Morgan fingerprint density at radius 1 is 1.11 bits per heavy atom. The molecular weight excluding hydrogens is 471 g/mol. The minimum atomic E-state index is -1.56. The number of carboxylic acids is 1. The molecule has 1 aliphatic heterocycles. The first-order chi connectivity index (χ1) is 13.1. The Bertz CT molecular complexity index is 947. The molecule has 0 spiro atoms. The SMILES string of the molecule is CN1C(=O)N(c2cc(Cl)cc(Cl)c2)C(=O)C1(CC(=O)O)Cc1ccc(Br)cc1. The molecule has 3 amide bonds. The summed E-state index contributed by atoms with van der Waals surface area (Å²) in [6.45, 7) is 0. The van der Waals surface area contributed by atoms with Gasteiger partial charge in [-0.05, 0) is 35.9 Å². The van der Waals surface area contributed by atoms with Crippen LogP contribution in [0, 0.1) is 0 Å². The number of benzene rings is 2. The van der Waals surface area contributed by atoms with Gasteiger partial charge < -0.3 is 10.0 Å². The third-order valence-electron chi connectivity index (χ3n) is 4.68. The Balaban J connectivity index is 2.08. The molecule has 0 radical (unpaired) electrons. The zero-order valence-corrected chi connectivity index (χ0v) is 17.8. The van der Waals surface area contributed by atoms with E-state index in [2.05, 4.69) is 15.9 Å². The fourth-order valence-electron chi connectivity index (χ4n) is 3.31. The molecule has 28 heavy (non-hydrogen) atoms. The highest BCUT2D eigenvalue weighted by Gasteiger charge is 2.57. The lowest BCUT2D eigenvalue weighted by molar-refractivity contribution is -0.143. The third kappa shape index (κ3) is 3.74. The van der Waals surface area contributed by atoms with Crippen molar-refractivity contribution in [3.63, 3.8) is 0 Å². The van der Waals surface area contributed by atoms with E-state index in [4.69, 9.17) is 23.2 Å². The summed E-state index contributed by atoms with van der Waals surface area (Å²) in [4.78, 5) is 40.0. The Kier molecular flexibility index (Phi) is 5.70. The van der Waals surface area contributed by atoms with Crippen LogP contribution in [-0.4, -0.2) is 40.5 Å². The van der Waals surface area contributed by atoms with E-state index < -0.39 is 29.9 Å². The minimum absolute atomic E-state index is 0.0540. The lowest BCUT2D eigenvalue weighted by Gasteiger charge is -2.31. The van der Waals surface area contributed by atoms with Gasteiger partial charge in [-0.3, -0.25) is 9.59 Å². The van der Waals surface area contributed by atoms with E-state index in [0.29, 0.717) is 0 Å². The average Bonchev–Trinajstić information content (AvgIpc) is 2.77. The van der Waals surface area contributed by atoms with Gasteiger partial charge in [0.25, 0.3) is 5.91 Å². The number of hydrogen-bond acceptors (Lipinski definition) is 3. The zero-order chi connectivity index (χ0) is 20.6. The summed E-state index contributed by atoms with van der Waals surface area (Å²) in [6, 6.07) is 10.9. The summed E-state index contributed by atoms with van der Waals surface area (Å²) in [6.07, 6.45) is -0.479. The minimum Gasteiger partial charge on any atom is -0.481 e. The van der Waals surface area contributed by atoms with Crippen LogP contribution in [0.1, 0.15) is 12.0 Å². The topological polar surface area (TPSA) is 77.9 Å². The van der Waals surface area contributed by atoms with Crippen molar-refractivity contribution < 1.29 is 19.5 Å². The second-order valence-corrected chi connectivity index (χ2v) is 8.30. The zero-order valence-electron chi connectivity index (χ0n) is 14.7. The van der Waals surface area contributed by atoms with Crippen LogP contribution in [-0.2, 0) is 16.0 Å². The average molecular weight is 486 g/mol. The Morgan fingerprint density at radius 3 is 2.21 bits per heavy atom. The molecule has 146 valence electrons. The van der Waals surface area contributed by atoms with Crippen molar-refractivity contribution in [2.45, 2.75) is 18.4 Å². The number of halogens is 3. The molecule has 0 aromatic heterocycles. The van der Waals surface area contributed by atoms with Crippen molar-refractivity contribution in [1.29, 1.82) is 0 Å². The fraction of sp³-hybridized carbons (Fsp3) is 0.211. The quantitative estimate of drug-likeness (QED) is 0.627. The summed E-state index contributed by atoms with van der Waals surface area (Å²) in [5, 5.41) is 9.99. The number of urea groups is 1. The van der Waals surface area contributed by atoms with Crippen molar-refractivity contribution in [3.8, 4) is 0 Å². The lowest BCUT2D eigenvalue weighted by Crippen LogP contribution is -2.51. The van der Waals surface area contributed by atoms with Crippen LogP contribution >= 0.6 is 39.1 Å². The number of likely N-dealkylation sites (N-methyl/N-ethyl adjacent to an activating group) is 1. The number of hydrogen-bond donors (Lipinski definition) is 1. The van der Waals surface area contributed by atoms with Gasteiger partial charge in [0, 0.05) is 28.0 Å². The maximum atomic E-state index is 13.4. The van der Waals surface area contributed by atoms with E-state index in [1.165, 1.54) is 30.1 Å². The van der Waals surface area contributed by atoms with Gasteiger partial charge in [0.15, 0.2) is 0 Å². The molecule has 0 bridgehead atoms. The molecule has 1 saturated heterocycles. The predicted molar refractivity (Wildman–Crippen MR) is 110 cm³/mol. The highest BCUT2D eigenvalue weighted by Crippen LogP contribution is 2.38. The molecule has 0 saturated carbocycles. The summed E-state index contributed by atoms with van der Waals surface area (Å²) in [7, 11) is 1.42. The van der Waals surface area contributed by atoms with Crippen molar-refractivity contribution in [2.24, 2.45) is 0 Å². The van der Waals surface area contributed by atoms with E-state index in [1.807, 2.05) is 0 Å². The fourth-order valence-corrected chi connectivity index (χ4v) is 4.09. The van der Waals surface area contributed by atoms with Crippen molar-refractivity contribution in [1.82, 2.24) is 4.90 Å². The second kappa shape index (κ2) is 7.73. The van der Waals surface area contributed by atoms with Gasteiger partial charge in [0.2, 0.25) is 0 Å². The Labute approximate surface area is 179 Å². The summed E-state index contributed by atoms with van der Waals surface area (Å²) in [5.74, 6) is -1.82. The van der Waals surface area contributed by atoms with Crippen LogP contribution in [0.3, 0.4) is 0 Å². The second-order valence-electron chi connectivity index (χ2n) is 6.52. The lowest BCUT2D eigenvalue weighted by atomic mass is 9.86. The number of carboxylic acid groups (broad SMARTS) is 1. The van der Waals surface area contributed by atoms with Crippen molar-refractivity contribution in [2.75, 3.05) is 11.9 Å². The molecule has 1 aliphatic rings. The molecule has 0 aliphatic carbocycles. The van der Waals surface area contributed by atoms with Gasteiger partial charge in [-0.15, -0.1) is 0 Å². The number of imide groups is 1. The van der Waals surface area contributed by atoms with E-state index in [0.717, 1.165) is 14.9 Å². The maximum Gasteiger partial charge on any atom is 0.332 e. The standard InChI is InChI=1S/C19H15BrCl2N2O4/c1-23-18(28)24(15-7-13(21)6-14(22)8-15)17(27)19(23,10-16(25)26)9-11-2-4-12(20)5-3-11/h2-8H,9-10H2,1H3,(H,25,26). The van der Waals surface area contributed by atoms with E-state index in [-0.39, 0.29) is 22.2 Å². The highest BCUT2D eigenvalue weighted by molar-refractivity contribution is 9.10. The summed E-state index contributed by atoms with van der Waals surface area (Å²) < 4.78 is 0.848. The molecule has 9 heteroatoms. The third-order valence-corrected chi connectivity index (χ3v) is 5.65. The molecule has 6 nitrogen and oxygen atoms in total. The monoisotopic (exact) mass is 484 g/mol. The van der Waals surface area contributed by atoms with Gasteiger partial charge in [0.05, 0.1) is 12.1 Å². The van der Waals surface area contributed by atoms with Crippen LogP contribution in [0.15, 0.2) is 46.9 Å². The van der Waals surface area contributed by atoms with Gasteiger partial charge >= 0.3 is 12.0 Å². The molecule has 1 heterocycles. The van der Waals surface area contributed by atoms with Crippen molar-refractivity contribution >= 4 is 62.7 Å². The van der Waals surface area contributed by atoms with Crippen molar-refractivity contribution in [3.05, 3.63) is 62.5 Å². The number of nitrogens with zero attached hydrogens (tertiary/aromatic N) is 2. The van der Waals surface area contributed by atoms with Gasteiger partial charge in [-0.2, -0.15) is 0 Å². The molecule has 1 N–H and O–H groups in total. The van der Waals surface area contributed by atoms with E-state index in [1.54, 1.807) is 24.3 Å². The number of carbonyl (C=O) groups excluding carboxylic acids is 2. The van der Waals surface area contributed by atoms with E-state index >= 15 is 0 Å². The summed E-state index contributed by atoms with van der Waals surface area (Å²) in [5.41, 5.74) is -0.642. The van der Waals surface area contributed by atoms with Crippen LogP contribution in [0.5, 0.6) is 0 Å². The number of aliphatic carboxylic acids is 1. The molecule has 3 rings (SSSR count). The van der Waals surface area contributed by atoms with Gasteiger partial charge in [-0.25, -0.2) is 9.69 Å². The smallest absolute Gasteiger partial charge is 0.332 e. The van der Waals surface area contributed by atoms with Gasteiger partial charge in [-0.1, -0.05) is 51.3 Å². The largest absolute Gasteiger partial charge is 0.481 e. The molecule has 2 aromatic rings. The number of rotatable bonds is 5. The predicted octanol–water partition coefficient (Wildman–Crippen LogP) is 4.61. The number of carbonyl (C=O) groups is 3. The van der Waals surface area contributed by atoms with Crippen LogP contribution < -0.4 is 4.90 Å². The Morgan fingerprint density at radius 2 is 1.68 bits per heavy atom. The molecule has 2 aromatic carbocycles. The normalized spacial score (nSPS) is 19.4. The molecule has 1 atom stereocenters. The maximum absolute atomic E-state index is 13.4. The molecular formula is C19H15BrCl2N2O4. The Hall–Kier alpha value is -2.09. The first kappa shape index (κ1) is 20.6. The van der Waals surface area contributed by atoms with Gasteiger partial charge in [0.1, 0.15) is 5.54 Å². The summed E-state index contributed by atoms with van der Waals surface area (Å²) >= 11 is 15.4. The highest BCUT2D eigenvalue weighted by atomic mass is 79.9. The van der Waals surface area contributed by atoms with Crippen LogP contribution in [0.2, 0.25) is 10.0 Å². The molecule has 1 fully saturated rings. The van der Waals surface area contributed by atoms with Crippen LogP contribution in [0.25, 0.3) is 0 Å². The number of anilines is 1. The first-order valence-corrected chi connectivity index (χ1v) is 9.73. The number of amides is 3. The molecule has 1 unspecified atom stereocenters. The van der Waals surface area contributed by atoms with Crippen LogP contribution in [0.4, 0.5) is 10.5 Å².